The van der Waals surface area contributed by atoms with Gasteiger partial charge in [0.2, 0.25) is 5.91 Å². The molecule has 0 unspecified atom stereocenters. The van der Waals surface area contributed by atoms with E-state index >= 15 is 0 Å². The molecule has 0 aromatic heterocycles. The molecule has 2 aliphatic heterocycles. The Morgan fingerprint density at radius 2 is 2.00 bits per heavy atom. The molecule has 3 aliphatic rings. The van der Waals surface area contributed by atoms with Gasteiger partial charge in [-0.25, -0.2) is 4.79 Å². The maximum absolute atomic E-state index is 12.4. The summed E-state index contributed by atoms with van der Waals surface area (Å²) in [5.41, 5.74) is 5.47. The summed E-state index contributed by atoms with van der Waals surface area (Å²) in [6.45, 7) is 3.53. The van der Waals surface area contributed by atoms with Gasteiger partial charge in [0.25, 0.3) is 0 Å². The normalized spacial score (nSPS) is 26.5. The van der Waals surface area contributed by atoms with Crippen molar-refractivity contribution in [3.05, 3.63) is 0 Å². The van der Waals surface area contributed by atoms with E-state index in [0.717, 1.165) is 51.9 Å². The van der Waals surface area contributed by atoms with Crippen LogP contribution in [0.4, 0.5) is 4.79 Å². The molecule has 0 atom stereocenters. The van der Waals surface area contributed by atoms with Gasteiger partial charge in [0.05, 0.1) is 5.41 Å². The molecule has 0 radical (unpaired) electrons. The molecule has 3 rings (SSSR count). The summed E-state index contributed by atoms with van der Waals surface area (Å²) in [5, 5.41) is 2.83. The van der Waals surface area contributed by atoms with Gasteiger partial charge in [0.15, 0.2) is 0 Å². The van der Waals surface area contributed by atoms with Crippen molar-refractivity contribution in [3.63, 3.8) is 0 Å². The Morgan fingerprint density at radius 3 is 2.47 bits per heavy atom. The number of nitrogens with two attached hydrogens (primary N) is 1. The van der Waals surface area contributed by atoms with E-state index < -0.39 is 0 Å². The van der Waals surface area contributed by atoms with Crippen molar-refractivity contribution < 1.29 is 9.59 Å². The highest BCUT2D eigenvalue weighted by atomic mass is 16.2. The van der Waals surface area contributed by atoms with Gasteiger partial charge in [-0.1, -0.05) is 0 Å². The summed E-state index contributed by atoms with van der Waals surface area (Å²) in [6, 6.07) is 0.338. The maximum Gasteiger partial charge on any atom is 0.317 e. The molecular weight excluding hydrogens is 244 g/mol. The number of carbonyl (C=O) groups excluding carboxylic acids is 2. The van der Waals surface area contributed by atoms with E-state index in [-0.39, 0.29) is 17.4 Å². The summed E-state index contributed by atoms with van der Waals surface area (Å²) in [7, 11) is 0. The molecule has 1 saturated carbocycles. The van der Waals surface area contributed by atoms with Crippen molar-refractivity contribution in [2.24, 2.45) is 11.1 Å². The van der Waals surface area contributed by atoms with Crippen molar-refractivity contribution >= 4 is 11.9 Å². The second kappa shape index (κ2) is 4.67. The highest BCUT2D eigenvalue weighted by Crippen LogP contribution is 2.46. The minimum Gasteiger partial charge on any atom is -0.342 e. The lowest BCUT2D eigenvalue weighted by Gasteiger charge is -2.37. The standard InChI is InChI=1S/C13H22N4O2/c14-9-13(3-4-13)11(18)16-6-1-10(2-7-16)17-8-5-15-12(17)19/h10H,1-9,14H2,(H,15,19). The minimum atomic E-state index is -0.238. The first-order valence-corrected chi connectivity index (χ1v) is 7.20. The van der Waals surface area contributed by atoms with E-state index in [4.69, 9.17) is 5.73 Å². The van der Waals surface area contributed by atoms with Gasteiger partial charge in [-0.3, -0.25) is 4.79 Å². The van der Waals surface area contributed by atoms with Crippen LogP contribution in [0, 0.1) is 5.41 Å². The van der Waals surface area contributed by atoms with E-state index in [1.165, 1.54) is 0 Å². The summed E-state index contributed by atoms with van der Waals surface area (Å²) in [6.07, 6.45) is 3.66. The highest BCUT2D eigenvalue weighted by molar-refractivity contribution is 5.85. The average molecular weight is 266 g/mol. The van der Waals surface area contributed by atoms with Crippen LogP contribution in [0.15, 0.2) is 0 Å². The third-order valence-corrected chi connectivity index (χ3v) is 4.78. The molecule has 1 aliphatic carbocycles. The van der Waals surface area contributed by atoms with Crippen LogP contribution in [0.25, 0.3) is 0 Å². The molecular formula is C13H22N4O2. The number of hydrogen-bond acceptors (Lipinski definition) is 3. The first-order valence-electron chi connectivity index (χ1n) is 7.20. The second-order valence-electron chi connectivity index (χ2n) is 5.93. The fraction of sp³-hybridized carbons (Fsp3) is 0.846. The summed E-state index contributed by atoms with van der Waals surface area (Å²) >= 11 is 0. The number of likely N-dealkylation sites (tertiary alicyclic amines) is 1. The summed E-state index contributed by atoms with van der Waals surface area (Å²) in [5.74, 6) is 0.235. The zero-order valence-corrected chi connectivity index (χ0v) is 11.2. The van der Waals surface area contributed by atoms with E-state index in [1.807, 2.05) is 9.80 Å². The number of nitrogens with one attached hydrogen (secondary N) is 1. The molecule has 3 fully saturated rings. The van der Waals surface area contributed by atoms with E-state index in [9.17, 15) is 9.59 Å². The van der Waals surface area contributed by atoms with Crippen LogP contribution < -0.4 is 11.1 Å². The molecule has 3 amide bonds. The molecule has 0 spiro atoms. The first kappa shape index (κ1) is 12.7. The van der Waals surface area contributed by atoms with E-state index in [2.05, 4.69) is 5.32 Å². The monoisotopic (exact) mass is 266 g/mol. The van der Waals surface area contributed by atoms with Crippen molar-refractivity contribution in [2.45, 2.75) is 31.7 Å². The SMILES string of the molecule is NCC1(C(=O)N2CCC(N3CCNC3=O)CC2)CC1. The molecule has 6 nitrogen and oxygen atoms in total. The Morgan fingerprint density at radius 1 is 1.32 bits per heavy atom. The van der Waals surface area contributed by atoms with Gasteiger partial charge in [-0.05, 0) is 25.7 Å². The Hall–Kier alpha value is -1.30. The number of piperidine rings is 1. The Labute approximate surface area is 113 Å². The number of hydrogen-bond donors (Lipinski definition) is 2. The number of urea groups is 1. The lowest BCUT2D eigenvalue weighted by molar-refractivity contribution is -0.138. The smallest absolute Gasteiger partial charge is 0.317 e. The molecule has 106 valence electrons. The van der Waals surface area contributed by atoms with Gasteiger partial charge in [0, 0.05) is 38.8 Å². The summed E-state index contributed by atoms with van der Waals surface area (Å²) < 4.78 is 0. The van der Waals surface area contributed by atoms with Crippen LogP contribution in [0.1, 0.15) is 25.7 Å². The topological polar surface area (TPSA) is 78.7 Å². The van der Waals surface area contributed by atoms with E-state index in [0.29, 0.717) is 12.6 Å². The van der Waals surface area contributed by atoms with Crippen molar-refractivity contribution in [2.75, 3.05) is 32.7 Å². The number of nitrogens with zero attached hydrogens (tertiary/aromatic N) is 2. The molecule has 2 heterocycles. The highest BCUT2D eigenvalue weighted by Gasteiger charge is 2.50. The largest absolute Gasteiger partial charge is 0.342 e. The predicted molar refractivity (Wildman–Crippen MR) is 70.4 cm³/mol. The molecule has 6 heteroatoms. The Bertz CT molecular complexity index is 386. The first-order chi connectivity index (χ1) is 9.16. The minimum absolute atomic E-state index is 0.0467. The Kier molecular flexibility index (Phi) is 3.12. The van der Waals surface area contributed by atoms with Crippen LogP contribution in [-0.4, -0.2) is 60.5 Å². The van der Waals surface area contributed by atoms with Gasteiger partial charge < -0.3 is 20.9 Å². The van der Waals surface area contributed by atoms with Crippen LogP contribution in [0.5, 0.6) is 0 Å². The predicted octanol–water partition coefficient (Wildman–Crippen LogP) is -0.258. The van der Waals surface area contributed by atoms with E-state index in [1.54, 1.807) is 0 Å². The second-order valence-corrected chi connectivity index (χ2v) is 5.93. The number of rotatable bonds is 3. The van der Waals surface area contributed by atoms with Gasteiger partial charge in [-0.2, -0.15) is 0 Å². The van der Waals surface area contributed by atoms with Crippen molar-refractivity contribution in [1.29, 1.82) is 0 Å². The molecule has 19 heavy (non-hydrogen) atoms. The number of carbonyl (C=O) groups is 2. The van der Waals surface area contributed by atoms with Crippen molar-refractivity contribution in [3.8, 4) is 0 Å². The third-order valence-electron chi connectivity index (χ3n) is 4.78. The zero-order chi connectivity index (χ0) is 13.5. The zero-order valence-electron chi connectivity index (χ0n) is 11.2. The molecule has 0 aromatic rings. The lowest BCUT2D eigenvalue weighted by Crippen LogP contribution is -2.50. The molecule has 2 saturated heterocycles. The third kappa shape index (κ3) is 2.18. The Balaban J connectivity index is 1.55. The average Bonchev–Trinajstić information content (AvgIpc) is 3.14. The molecule has 3 N–H and O–H groups in total. The quantitative estimate of drug-likeness (QED) is 0.739. The summed E-state index contributed by atoms with van der Waals surface area (Å²) in [4.78, 5) is 27.8. The molecule has 0 aromatic carbocycles. The number of amides is 3. The van der Waals surface area contributed by atoms with Gasteiger partial charge in [-0.15, -0.1) is 0 Å². The lowest BCUT2D eigenvalue weighted by atomic mass is 9.99. The van der Waals surface area contributed by atoms with Crippen LogP contribution in [-0.2, 0) is 4.79 Å². The van der Waals surface area contributed by atoms with Crippen LogP contribution >= 0.6 is 0 Å². The van der Waals surface area contributed by atoms with Crippen LogP contribution in [0.3, 0.4) is 0 Å². The molecule has 0 bridgehead atoms. The fourth-order valence-corrected chi connectivity index (χ4v) is 3.21. The van der Waals surface area contributed by atoms with Gasteiger partial charge >= 0.3 is 6.03 Å². The maximum atomic E-state index is 12.4. The van der Waals surface area contributed by atoms with Gasteiger partial charge in [0.1, 0.15) is 0 Å². The van der Waals surface area contributed by atoms with Crippen LogP contribution in [0.2, 0.25) is 0 Å². The fourth-order valence-electron chi connectivity index (χ4n) is 3.21. The van der Waals surface area contributed by atoms with Crippen molar-refractivity contribution in [1.82, 2.24) is 15.1 Å².